The molecule has 0 aromatic heterocycles. The van der Waals surface area contributed by atoms with Gasteiger partial charge < -0.3 is 11.1 Å². The fraction of sp³-hybridized carbons (Fsp3) is 0.118. The highest BCUT2D eigenvalue weighted by Gasteiger charge is 2.34. The SMILES string of the molecule is CNC(=O)c1ccc(NN(C(N)=O)c2ccc(C#N)c(C(F)(F)F)c2)cc1F. The van der Waals surface area contributed by atoms with Gasteiger partial charge in [-0.3, -0.25) is 10.2 Å². The molecule has 0 saturated heterocycles. The van der Waals surface area contributed by atoms with Crippen LogP contribution in [0.25, 0.3) is 0 Å². The van der Waals surface area contributed by atoms with Gasteiger partial charge in [0, 0.05) is 7.05 Å². The van der Waals surface area contributed by atoms with Crippen molar-refractivity contribution in [2.75, 3.05) is 17.5 Å². The summed E-state index contributed by atoms with van der Waals surface area (Å²) in [7, 11) is 1.31. The molecule has 3 amide bonds. The Kier molecular flexibility index (Phi) is 5.73. The molecule has 0 radical (unpaired) electrons. The van der Waals surface area contributed by atoms with Crippen molar-refractivity contribution >= 4 is 23.3 Å². The summed E-state index contributed by atoms with van der Waals surface area (Å²) < 4.78 is 53.4. The number of halogens is 4. The molecule has 0 aliphatic heterocycles. The van der Waals surface area contributed by atoms with Crippen LogP contribution < -0.4 is 21.5 Å². The van der Waals surface area contributed by atoms with E-state index in [0.717, 1.165) is 24.3 Å². The standard InChI is InChI=1S/C17H13F4N5O2/c1-24-15(27)12-5-3-10(6-14(12)18)25-26(16(23)28)11-4-2-9(8-22)13(7-11)17(19,20)21/h2-7,25H,1H3,(H2,23,28)(H,24,27). The van der Waals surface area contributed by atoms with E-state index < -0.39 is 35.1 Å². The van der Waals surface area contributed by atoms with Gasteiger partial charge in [0.15, 0.2) is 0 Å². The fourth-order valence-corrected chi connectivity index (χ4v) is 2.28. The molecule has 2 aromatic rings. The van der Waals surface area contributed by atoms with Gasteiger partial charge in [0.1, 0.15) is 5.82 Å². The van der Waals surface area contributed by atoms with Crippen LogP contribution in [0.4, 0.5) is 33.7 Å². The number of carbonyl (C=O) groups is 2. The second-order valence-corrected chi connectivity index (χ2v) is 5.40. The number of urea groups is 1. The minimum atomic E-state index is -4.84. The Morgan fingerprint density at radius 2 is 1.86 bits per heavy atom. The van der Waals surface area contributed by atoms with Gasteiger partial charge in [0.25, 0.3) is 5.91 Å². The van der Waals surface area contributed by atoms with Crippen molar-refractivity contribution in [2.45, 2.75) is 6.18 Å². The van der Waals surface area contributed by atoms with Crippen molar-refractivity contribution in [1.82, 2.24) is 5.32 Å². The lowest BCUT2D eigenvalue weighted by Gasteiger charge is -2.23. The first-order chi connectivity index (χ1) is 13.1. The number of benzene rings is 2. The van der Waals surface area contributed by atoms with Crippen molar-refractivity contribution in [2.24, 2.45) is 5.73 Å². The molecule has 0 atom stereocenters. The van der Waals surface area contributed by atoms with Crippen molar-refractivity contribution in [1.29, 1.82) is 5.26 Å². The van der Waals surface area contributed by atoms with Crippen LogP contribution in [0.1, 0.15) is 21.5 Å². The predicted molar refractivity (Wildman–Crippen MR) is 91.6 cm³/mol. The van der Waals surface area contributed by atoms with Crippen molar-refractivity contribution < 1.29 is 27.2 Å². The molecule has 0 aliphatic carbocycles. The van der Waals surface area contributed by atoms with Gasteiger partial charge >= 0.3 is 12.2 Å². The molecule has 2 rings (SSSR count). The third-order valence-corrected chi connectivity index (χ3v) is 3.59. The molecule has 0 unspecified atom stereocenters. The first-order valence-corrected chi connectivity index (χ1v) is 7.57. The molecule has 0 saturated carbocycles. The summed E-state index contributed by atoms with van der Waals surface area (Å²) in [6.07, 6.45) is -4.84. The average Bonchev–Trinajstić information content (AvgIpc) is 2.64. The number of hydrogen-bond acceptors (Lipinski definition) is 4. The largest absolute Gasteiger partial charge is 0.417 e. The molecule has 0 spiro atoms. The normalized spacial score (nSPS) is 10.7. The van der Waals surface area contributed by atoms with Crippen LogP contribution in [0.15, 0.2) is 36.4 Å². The van der Waals surface area contributed by atoms with E-state index in [1.807, 2.05) is 0 Å². The van der Waals surface area contributed by atoms with E-state index in [0.29, 0.717) is 11.1 Å². The molecule has 4 N–H and O–H groups in total. The number of carbonyl (C=O) groups excluding carboxylic acids is 2. The molecule has 28 heavy (non-hydrogen) atoms. The van der Waals surface area contributed by atoms with Crippen LogP contribution in [0.2, 0.25) is 0 Å². The lowest BCUT2D eigenvalue weighted by atomic mass is 10.1. The Labute approximate surface area is 156 Å². The first kappa shape index (κ1) is 20.5. The van der Waals surface area contributed by atoms with Crippen LogP contribution in [0, 0.1) is 17.1 Å². The van der Waals surface area contributed by atoms with Crippen molar-refractivity contribution in [3.8, 4) is 6.07 Å². The van der Waals surface area contributed by atoms with E-state index in [-0.39, 0.29) is 16.9 Å². The van der Waals surface area contributed by atoms with Crippen LogP contribution in [0.3, 0.4) is 0 Å². The molecule has 0 bridgehead atoms. The number of primary amides is 1. The maximum atomic E-state index is 14.0. The maximum absolute atomic E-state index is 14.0. The smallest absolute Gasteiger partial charge is 0.355 e. The van der Waals surface area contributed by atoms with Gasteiger partial charge in [-0.15, -0.1) is 0 Å². The molecule has 2 aromatic carbocycles. The zero-order chi connectivity index (χ0) is 21.1. The Bertz CT molecular complexity index is 969. The van der Waals surface area contributed by atoms with Crippen LogP contribution in [-0.4, -0.2) is 19.0 Å². The number of hydrazine groups is 1. The number of nitriles is 1. The van der Waals surface area contributed by atoms with Crippen LogP contribution in [-0.2, 0) is 6.18 Å². The number of rotatable bonds is 4. The van der Waals surface area contributed by atoms with Gasteiger partial charge in [-0.1, -0.05) is 0 Å². The minimum Gasteiger partial charge on any atom is -0.355 e. The Morgan fingerprint density at radius 3 is 2.36 bits per heavy atom. The molecule has 11 heteroatoms. The van der Waals surface area contributed by atoms with E-state index in [1.165, 1.54) is 19.2 Å². The lowest BCUT2D eigenvalue weighted by molar-refractivity contribution is -0.137. The molecule has 0 heterocycles. The van der Waals surface area contributed by atoms with E-state index in [1.54, 1.807) is 0 Å². The number of hydrogen-bond donors (Lipinski definition) is 3. The Hall–Kier alpha value is -3.81. The number of anilines is 2. The maximum Gasteiger partial charge on any atom is 0.417 e. The summed E-state index contributed by atoms with van der Waals surface area (Å²) in [5.74, 6) is -1.61. The fourth-order valence-electron chi connectivity index (χ4n) is 2.28. The monoisotopic (exact) mass is 395 g/mol. The number of nitrogens with one attached hydrogen (secondary N) is 2. The molecular weight excluding hydrogens is 382 g/mol. The molecule has 0 aliphatic rings. The Morgan fingerprint density at radius 1 is 1.18 bits per heavy atom. The quantitative estimate of drug-likeness (QED) is 0.546. The summed E-state index contributed by atoms with van der Waals surface area (Å²) in [5, 5.41) is 11.6. The zero-order valence-electron chi connectivity index (χ0n) is 14.3. The molecule has 7 nitrogen and oxygen atoms in total. The summed E-state index contributed by atoms with van der Waals surface area (Å²) in [5.41, 5.74) is 5.03. The third kappa shape index (κ3) is 4.29. The highest BCUT2D eigenvalue weighted by atomic mass is 19.4. The van der Waals surface area contributed by atoms with E-state index >= 15 is 0 Å². The van der Waals surface area contributed by atoms with Crippen LogP contribution >= 0.6 is 0 Å². The van der Waals surface area contributed by atoms with E-state index in [9.17, 15) is 27.2 Å². The summed E-state index contributed by atoms with van der Waals surface area (Å²) in [6, 6.07) is 5.96. The molecule has 0 fully saturated rings. The second-order valence-electron chi connectivity index (χ2n) is 5.40. The van der Waals surface area contributed by atoms with Gasteiger partial charge in [-0.2, -0.15) is 18.4 Å². The van der Waals surface area contributed by atoms with Crippen LogP contribution in [0.5, 0.6) is 0 Å². The van der Waals surface area contributed by atoms with Gasteiger partial charge in [-0.25, -0.2) is 14.2 Å². The highest BCUT2D eigenvalue weighted by molar-refractivity contribution is 5.95. The number of nitrogens with two attached hydrogens (primary N) is 1. The predicted octanol–water partition coefficient (Wildman–Crippen LogP) is 2.99. The van der Waals surface area contributed by atoms with Gasteiger partial charge in [-0.05, 0) is 36.4 Å². The van der Waals surface area contributed by atoms with Gasteiger partial charge in [0.2, 0.25) is 0 Å². The molecular formula is C17H13F4N5O2. The van der Waals surface area contributed by atoms with E-state index in [4.69, 9.17) is 11.0 Å². The summed E-state index contributed by atoms with van der Waals surface area (Å²) in [6.45, 7) is 0. The summed E-state index contributed by atoms with van der Waals surface area (Å²) >= 11 is 0. The topological polar surface area (TPSA) is 111 Å². The number of nitrogens with zero attached hydrogens (tertiary/aromatic N) is 2. The Balaban J connectivity index is 2.43. The summed E-state index contributed by atoms with van der Waals surface area (Å²) in [4.78, 5) is 23.2. The molecule has 146 valence electrons. The zero-order valence-corrected chi connectivity index (χ0v) is 14.3. The number of amides is 3. The average molecular weight is 395 g/mol. The lowest BCUT2D eigenvalue weighted by Crippen LogP contribution is -2.40. The van der Waals surface area contributed by atoms with Crippen molar-refractivity contribution in [3.63, 3.8) is 0 Å². The highest BCUT2D eigenvalue weighted by Crippen LogP contribution is 2.34. The van der Waals surface area contributed by atoms with E-state index in [2.05, 4.69) is 10.7 Å². The van der Waals surface area contributed by atoms with Gasteiger partial charge in [0.05, 0.1) is 34.1 Å². The number of alkyl halides is 3. The van der Waals surface area contributed by atoms with Crippen molar-refractivity contribution in [3.05, 3.63) is 58.9 Å². The first-order valence-electron chi connectivity index (χ1n) is 7.57. The third-order valence-electron chi connectivity index (χ3n) is 3.59. The second kappa shape index (κ2) is 7.83. The minimum absolute atomic E-state index is 0.0538.